The Kier molecular flexibility index (Phi) is 4.68. The molecule has 140 valence electrons. The summed E-state index contributed by atoms with van der Waals surface area (Å²) in [7, 11) is 0. The number of benzene rings is 1. The number of carbonyl (C=O) groups is 1. The Hall–Kier alpha value is -1.97. The van der Waals surface area contributed by atoms with Crippen LogP contribution in [0.5, 0.6) is 0 Å². The summed E-state index contributed by atoms with van der Waals surface area (Å²) in [6, 6.07) is 8.61. The van der Waals surface area contributed by atoms with Gasteiger partial charge in [-0.1, -0.05) is 30.3 Å². The predicted molar refractivity (Wildman–Crippen MR) is 91.6 cm³/mol. The molecule has 1 unspecified atom stereocenters. The topological polar surface area (TPSA) is 106 Å². The van der Waals surface area contributed by atoms with Crippen molar-refractivity contribution in [3.05, 3.63) is 47.7 Å². The predicted octanol–water partition coefficient (Wildman–Crippen LogP) is 0.443. The van der Waals surface area contributed by atoms with Gasteiger partial charge >= 0.3 is 6.03 Å². The van der Waals surface area contributed by atoms with E-state index in [0.29, 0.717) is 6.61 Å². The number of aliphatic hydroxyl groups excluding tert-OH is 1. The summed E-state index contributed by atoms with van der Waals surface area (Å²) in [5.74, 6) is 0. The molecule has 4 rings (SSSR count). The molecule has 3 aliphatic heterocycles. The fourth-order valence-corrected chi connectivity index (χ4v) is 3.49. The Morgan fingerprint density at radius 1 is 1.23 bits per heavy atom. The van der Waals surface area contributed by atoms with E-state index in [9.17, 15) is 9.90 Å². The lowest BCUT2D eigenvalue weighted by Crippen LogP contribution is -2.65. The van der Waals surface area contributed by atoms with Crippen LogP contribution in [-0.2, 0) is 14.2 Å². The van der Waals surface area contributed by atoms with Gasteiger partial charge < -0.3 is 30.4 Å². The molecule has 0 radical (unpaired) electrons. The van der Waals surface area contributed by atoms with E-state index in [-0.39, 0.29) is 18.7 Å². The first-order valence-corrected chi connectivity index (χ1v) is 8.69. The van der Waals surface area contributed by atoms with Crippen molar-refractivity contribution in [1.82, 2.24) is 10.2 Å². The fraction of sp³-hybridized carbons (Fsp3) is 0.500. The van der Waals surface area contributed by atoms with E-state index in [0.717, 1.165) is 11.1 Å². The molecule has 0 aliphatic carbocycles. The summed E-state index contributed by atoms with van der Waals surface area (Å²) in [5, 5.41) is 13.6. The Bertz CT molecular complexity index is 697. The zero-order valence-corrected chi connectivity index (χ0v) is 14.4. The molecule has 8 nitrogen and oxygen atoms in total. The molecule has 0 spiro atoms. The van der Waals surface area contributed by atoms with Gasteiger partial charge in [-0.2, -0.15) is 0 Å². The highest BCUT2D eigenvalue weighted by Gasteiger charge is 2.48. The van der Waals surface area contributed by atoms with Crippen molar-refractivity contribution in [2.75, 3.05) is 13.2 Å². The maximum absolute atomic E-state index is 12.3. The second-order valence-electron chi connectivity index (χ2n) is 6.81. The number of nitrogens with zero attached hydrogens (tertiary/aromatic N) is 1. The third-order valence-electron chi connectivity index (χ3n) is 5.05. The van der Waals surface area contributed by atoms with E-state index in [1.807, 2.05) is 37.3 Å². The van der Waals surface area contributed by atoms with Crippen molar-refractivity contribution in [1.29, 1.82) is 0 Å². The summed E-state index contributed by atoms with van der Waals surface area (Å²) in [6.45, 7) is 2.34. The van der Waals surface area contributed by atoms with E-state index in [1.165, 1.54) is 4.90 Å². The van der Waals surface area contributed by atoms with Crippen LogP contribution in [0.15, 0.2) is 42.1 Å². The van der Waals surface area contributed by atoms with Gasteiger partial charge in [0.25, 0.3) is 0 Å². The largest absolute Gasteiger partial charge is 0.388 e. The summed E-state index contributed by atoms with van der Waals surface area (Å²) in [6.07, 6.45) is -1.31. The van der Waals surface area contributed by atoms with Gasteiger partial charge in [0.1, 0.15) is 24.5 Å². The van der Waals surface area contributed by atoms with Crippen molar-refractivity contribution in [3.8, 4) is 0 Å². The summed E-state index contributed by atoms with van der Waals surface area (Å²) in [4.78, 5) is 13.7. The Morgan fingerprint density at radius 3 is 2.77 bits per heavy atom. The van der Waals surface area contributed by atoms with Gasteiger partial charge in [0, 0.05) is 11.8 Å². The Morgan fingerprint density at radius 2 is 2.00 bits per heavy atom. The van der Waals surface area contributed by atoms with Gasteiger partial charge in [0.05, 0.1) is 19.3 Å². The fourth-order valence-electron chi connectivity index (χ4n) is 3.49. The molecule has 2 fully saturated rings. The number of ether oxygens (including phenoxy) is 3. The number of aliphatic hydroxyl groups is 1. The van der Waals surface area contributed by atoms with Crippen molar-refractivity contribution < 1.29 is 24.1 Å². The monoisotopic (exact) mass is 361 g/mol. The number of rotatable bonds is 2. The quantitative estimate of drug-likeness (QED) is 0.706. The van der Waals surface area contributed by atoms with Crippen LogP contribution in [0.2, 0.25) is 0 Å². The molecule has 3 aliphatic rings. The van der Waals surface area contributed by atoms with Crippen molar-refractivity contribution in [2.45, 2.75) is 43.7 Å². The zero-order chi connectivity index (χ0) is 18.3. The average molecular weight is 361 g/mol. The zero-order valence-electron chi connectivity index (χ0n) is 14.4. The van der Waals surface area contributed by atoms with Crippen LogP contribution in [0.1, 0.15) is 18.8 Å². The first-order valence-electron chi connectivity index (χ1n) is 8.69. The first kappa shape index (κ1) is 17.4. The van der Waals surface area contributed by atoms with Crippen molar-refractivity contribution in [2.24, 2.45) is 5.73 Å². The number of hydrogen-bond donors (Lipinski definition) is 3. The third-order valence-corrected chi connectivity index (χ3v) is 5.05. The number of nitrogens with two attached hydrogens (primary N) is 1. The van der Waals surface area contributed by atoms with E-state index in [4.69, 9.17) is 19.9 Å². The number of hydrogen-bond acceptors (Lipinski definition) is 6. The van der Waals surface area contributed by atoms with Gasteiger partial charge in [-0.05, 0) is 12.5 Å². The van der Waals surface area contributed by atoms with Crippen molar-refractivity contribution >= 4 is 6.03 Å². The molecule has 26 heavy (non-hydrogen) atoms. The molecule has 6 atom stereocenters. The first-order chi connectivity index (χ1) is 12.5. The summed E-state index contributed by atoms with van der Waals surface area (Å²) in [5.41, 5.74) is 7.49. The molecule has 1 aromatic carbocycles. The maximum Gasteiger partial charge on any atom is 0.323 e. The van der Waals surface area contributed by atoms with E-state index < -0.39 is 30.7 Å². The van der Waals surface area contributed by atoms with Crippen molar-refractivity contribution in [3.63, 3.8) is 0 Å². The number of nitrogens with one attached hydrogen (secondary N) is 1. The Balaban J connectivity index is 1.52. The van der Waals surface area contributed by atoms with Gasteiger partial charge in [0.15, 0.2) is 6.29 Å². The minimum Gasteiger partial charge on any atom is -0.388 e. The van der Waals surface area contributed by atoms with Gasteiger partial charge in [-0.3, -0.25) is 4.90 Å². The molecule has 2 amide bonds. The molecule has 0 aromatic heterocycles. The molecule has 2 saturated heterocycles. The highest BCUT2D eigenvalue weighted by molar-refractivity contribution is 5.78. The van der Waals surface area contributed by atoms with Gasteiger partial charge in [-0.25, -0.2) is 4.79 Å². The normalized spacial score (nSPS) is 37.6. The highest BCUT2D eigenvalue weighted by atomic mass is 16.7. The number of fused-ring (bicyclic) bond motifs is 1. The SMILES string of the molecule is CC1=CN([C@@H]2CO[C@@H]3CO[C@@H](c4ccccc4)O[C@H]3[C@H]2O)C(=O)NC1N. The Labute approximate surface area is 151 Å². The summed E-state index contributed by atoms with van der Waals surface area (Å²) >= 11 is 0. The van der Waals surface area contributed by atoms with Crippen LogP contribution in [0.4, 0.5) is 4.79 Å². The van der Waals surface area contributed by atoms with Crippen LogP contribution < -0.4 is 11.1 Å². The minimum atomic E-state index is -0.909. The molecule has 1 aromatic rings. The molecule has 8 heteroatoms. The highest BCUT2D eigenvalue weighted by Crippen LogP contribution is 2.33. The number of carbonyl (C=O) groups excluding carboxylic acids is 1. The van der Waals surface area contributed by atoms with E-state index in [1.54, 1.807) is 6.20 Å². The van der Waals surface area contributed by atoms with E-state index >= 15 is 0 Å². The number of amides is 2. The lowest BCUT2D eigenvalue weighted by atomic mass is 9.95. The molecular weight excluding hydrogens is 338 g/mol. The molecule has 3 heterocycles. The molecule has 0 saturated carbocycles. The maximum atomic E-state index is 12.3. The van der Waals surface area contributed by atoms with Crippen LogP contribution in [0.3, 0.4) is 0 Å². The minimum absolute atomic E-state index is 0.192. The van der Waals surface area contributed by atoms with Crippen LogP contribution in [0.25, 0.3) is 0 Å². The van der Waals surface area contributed by atoms with Crippen LogP contribution in [0, 0.1) is 0 Å². The second-order valence-corrected chi connectivity index (χ2v) is 6.81. The standard InChI is InChI=1S/C18H23N3O5/c1-10-7-21(18(23)20-16(10)19)12-8-24-13-9-25-17(26-15(13)14(12)22)11-5-3-2-4-6-11/h2-7,12-17,22H,8-9,19H2,1H3,(H,20,23)/t12-,13-,14+,15-,16?,17-/m1/s1. The smallest absolute Gasteiger partial charge is 0.323 e. The second kappa shape index (κ2) is 6.98. The van der Waals surface area contributed by atoms with E-state index in [2.05, 4.69) is 5.32 Å². The summed E-state index contributed by atoms with van der Waals surface area (Å²) < 4.78 is 17.5. The van der Waals surface area contributed by atoms with Crippen LogP contribution in [-0.4, -0.2) is 59.8 Å². The molecule has 4 N–H and O–H groups in total. The van der Waals surface area contributed by atoms with Gasteiger partial charge in [0.2, 0.25) is 0 Å². The van der Waals surface area contributed by atoms with Crippen LogP contribution >= 0.6 is 0 Å². The number of urea groups is 1. The lowest BCUT2D eigenvalue weighted by Gasteiger charge is -2.47. The molecular formula is C18H23N3O5. The lowest BCUT2D eigenvalue weighted by molar-refractivity contribution is -0.306. The molecule has 0 bridgehead atoms. The van der Waals surface area contributed by atoms with Gasteiger partial charge in [-0.15, -0.1) is 0 Å². The third kappa shape index (κ3) is 3.10. The average Bonchev–Trinajstić information content (AvgIpc) is 2.66.